The number of halogens is 1. The Labute approximate surface area is 73.2 Å². The maximum atomic E-state index is 11.1. The second-order valence-electron chi connectivity index (χ2n) is 2.32. The molecule has 11 heavy (non-hydrogen) atoms. The normalized spacial score (nSPS) is 18.6. The molecule has 0 bridgehead atoms. The molecule has 0 unspecified atom stereocenters. The minimum absolute atomic E-state index is 0. The van der Waals surface area contributed by atoms with Gasteiger partial charge in [0.05, 0.1) is 0 Å². The Morgan fingerprint density at radius 1 is 1.55 bits per heavy atom. The van der Waals surface area contributed by atoms with Crippen LogP contribution in [0.15, 0.2) is 0 Å². The van der Waals surface area contributed by atoms with E-state index in [2.05, 4.69) is 10.0 Å². The van der Waals surface area contributed by atoms with Crippen molar-refractivity contribution in [2.45, 2.75) is 12.2 Å². The van der Waals surface area contributed by atoms with Crippen LogP contribution in [0.25, 0.3) is 0 Å². The predicted molar refractivity (Wildman–Crippen MR) is 46.5 cm³/mol. The SMILES string of the molecule is CCNS(=O)(=O)C1CNC1.Cl. The quantitative estimate of drug-likeness (QED) is 0.635. The van der Waals surface area contributed by atoms with Crippen molar-refractivity contribution in [3.63, 3.8) is 0 Å². The third kappa shape index (κ3) is 2.59. The summed E-state index contributed by atoms with van der Waals surface area (Å²) in [4.78, 5) is 0. The largest absolute Gasteiger partial charge is 0.314 e. The van der Waals surface area contributed by atoms with E-state index < -0.39 is 10.0 Å². The number of nitrogens with one attached hydrogen (secondary N) is 2. The molecule has 1 aliphatic heterocycles. The second kappa shape index (κ2) is 4.25. The smallest absolute Gasteiger partial charge is 0.216 e. The van der Waals surface area contributed by atoms with Gasteiger partial charge in [0.15, 0.2) is 0 Å². The minimum Gasteiger partial charge on any atom is -0.314 e. The molecule has 4 nitrogen and oxygen atoms in total. The number of hydrogen-bond acceptors (Lipinski definition) is 3. The third-order valence-electron chi connectivity index (χ3n) is 1.53. The van der Waals surface area contributed by atoms with Gasteiger partial charge < -0.3 is 5.32 Å². The fourth-order valence-corrected chi connectivity index (χ4v) is 2.11. The molecule has 2 N–H and O–H groups in total. The lowest BCUT2D eigenvalue weighted by atomic mass is 10.3. The maximum absolute atomic E-state index is 11.1. The van der Waals surface area contributed by atoms with Gasteiger partial charge in [-0.3, -0.25) is 0 Å². The molecule has 1 rings (SSSR count). The molecule has 68 valence electrons. The molecule has 6 heteroatoms. The zero-order valence-corrected chi connectivity index (χ0v) is 7.96. The zero-order valence-electron chi connectivity index (χ0n) is 6.33. The predicted octanol–water partition coefficient (Wildman–Crippen LogP) is -0.681. The summed E-state index contributed by atoms with van der Waals surface area (Å²) in [6.07, 6.45) is 0. The van der Waals surface area contributed by atoms with E-state index in [0.717, 1.165) is 0 Å². The van der Waals surface area contributed by atoms with Crippen LogP contribution in [0.2, 0.25) is 0 Å². The van der Waals surface area contributed by atoms with Gasteiger partial charge in [0.1, 0.15) is 5.25 Å². The van der Waals surface area contributed by atoms with Crippen LogP contribution in [0.1, 0.15) is 6.92 Å². The molecule has 0 aromatic rings. The molecule has 1 saturated heterocycles. The molecular weight excluding hydrogens is 188 g/mol. The molecule has 0 aromatic carbocycles. The summed E-state index contributed by atoms with van der Waals surface area (Å²) >= 11 is 0. The molecule has 0 spiro atoms. The molecule has 0 aromatic heterocycles. The third-order valence-corrected chi connectivity index (χ3v) is 3.43. The molecule has 0 amide bonds. The Balaban J connectivity index is 0.000001000. The molecule has 0 aliphatic carbocycles. The van der Waals surface area contributed by atoms with Gasteiger partial charge in [-0.1, -0.05) is 6.92 Å². The average molecular weight is 201 g/mol. The maximum Gasteiger partial charge on any atom is 0.216 e. The monoisotopic (exact) mass is 200 g/mol. The van der Waals surface area contributed by atoms with Crippen LogP contribution in [0.5, 0.6) is 0 Å². The van der Waals surface area contributed by atoms with Crippen molar-refractivity contribution in [2.24, 2.45) is 0 Å². The summed E-state index contributed by atoms with van der Waals surface area (Å²) in [6, 6.07) is 0. The first kappa shape index (κ1) is 11.2. The van der Waals surface area contributed by atoms with Crippen molar-refractivity contribution < 1.29 is 8.42 Å². The average Bonchev–Trinajstić information content (AvgIpc) is 1.56. The lowest BCUT2D eigenvalue weighted by Gasteiger charge is -2.26. The highest BCUT2D eigenvalue weighted by molar-refractivity contribution is 7.90. The lowest BCUT2D eigenvalue weighted by molar-refractivity contribution is 0.488. The number of rotatable bonds is 3. The van der Waals surface area contributed by atoms with Crippen LogP contribution in [0, 0.1) is 0 Å². The summed E-state index contributed by atoms with van der Waals surface area (Å²) < 4.78 is 24.6. The fourth-order valence-electron chi connectivity index (χ4n) is 0.801. The molecule has 1 aliphatic rings. The fraction of sp³-hybridized carbons (Fsp3) is 1.00. The van der Waals surface area contributed by atoms with E-state index in [1.54, 1.807) is 6.92 Å². The highest BCUT2D eigenvalue weighted by Crippen LogP contribution is 2.02. The van der Waals surface area contributed by atoms with E-state index in [1.807, 2.05) is 0 Å². The standard InChI is InChI=1S/C5H12N2O2S.ClH/c1-2-7-10(8,9)5-3-6-4-5;/h5-7H,2-4H2,1H3;1H. The summed E-state index contributed by atoms with van der Waals surface area (Å²) in [7, 11) is -2.99. The van der Waals surface area contributed by atoms with Gasteiger partial charge in [-0.15, -0.1) is 12.4 Å². The van der Waals surface area contributed by atoms with Gasteiger partial charge in [0.25, 0.3) is 0 Å². The van der Waals surface area contributed by atoms with Gasteiger partial charge in [0, 0.05) is 19.6 Å². The Morgan fingerprint density at radius 2 is 2.09 bits per heavy atom. The topological polar surface area (TPSA) is 58.2 Å². The Hall–Kier alpha value is 0.160. The molecule has 1 fully saturated rings. The summed E-state index contributed by atoms with van der Waals surface area (Å²) in [5.41, 5.74) is 0. The van der Waals surface area contributed by atoms with Gasteiger partial charge in [-0.2, -0.15) is 0 Å². The van der Waals surface area contributed by atoms with Crippen LogP contribution < -0.4 is 10.0 Å². The van der Waals surface area contributed by atoms with Crippen LogP contribution in [0.3, 0.4) is 0 Å². The number of sulfonamides is 1. The van der Waals surface area contributed by atoms with Crippen molar-refractivity contribution in [1.29, 1.82) is 0 Å². The Morgan fingerprint density at radius 3 is 2.36 bits per heavy atom. The highest BCUT2D eigenvalue weighted by atomic mass is 35.5. The molecule has 0 atom stereocenters. The summed E-state index contributed by atoms with van der Waals surface area (Å²) in [5.74, 6) is 0. The minimum atomic E-state index is -2.99. The van der Waals surface area contributed by atoms with Crippen LogP contribution in [0.4, 0.5) is 0 Å². The van der Waals surface area contributed by atoms with Crippen LogP contribution in [-0.4, -0.2) is 33.3 Å². The van der Waals surface area contributed by atoms with Gasteiger partial charge >= 0.3 is 0 Å². The molecule has 0 radical (unpaired) electrons. The van der Waals surface area contributed by atoms with Crippen LogP contribution in [-0.2, 0) is 10.0 Å². The van der Waals surface area contributed by atoms with Crippen molar-refractivity contribution in [3.8, 4) is 0 Å². The van der Waals surface area contributed by atoms with E-state index in [0.29, 0.717) is 19.6 Å². The summed E-state index contributed by atoms with van der Waals surface area (Å²) in [6.45, 7) is 3.45. The first-order valence-corrected chi connectivity index (χ1v) is 4.90. The second-order valence-corrected chi connectivity index (χ2v) is 4.37. The molecule has 1 heterocycles. The van der Waals surface area contributed by atoms with E-state index in [4.69, 9.17) is 0 Å². The van der Waals surface area contributed by atoms with Gasteiger partial charge in [-0.25, -0.2) is 13.1 Å². The van der Waals surface area contributed by atoms with Crippen molar-refractivity contribution in [3.05, 3.63) is 0 Å². The lowest BCUT2D eigenvalue weighted by Crippen LogP contribution is -2.55. The first-order chi connectivity index (χ1) is 4.67. The van der Waals surface area contributed by atoms with Crippen molar-refractivity contribution in [1.82, 2.24) is 10.0 Å². The Kier molecular flexibility index (Phi) is 4.31. The van der Waals surface area contributed by atoms with Crippen molar-refractivity contribution in [2.75, 3.05) is 19.6 Å². The van der Waals surface area contributed by atoms with Gasteiger partial charge in [-0.05, 0) is 0 Å². The first-order valence-electron chi connectivity index (χ1n) is 3.36. The van der Waals surface area contributed by atoms with E-state index >= 15 is 0 Å². The van der Waals surface area contributed by atoms with E-state index in [1.165, 1.54) is 0 Å². The summed E-state index contributed by atoms with van der Waals surface area (Å²) in [5, 5.41) is 2.71. The number of hydrogen-bond donors (Lipinski definition) is 2. The zero-order chi connectivity index (χ0) is 7.61. The molecular formula is C5H13ClN2O2S. The highest BCUT2D eigenvalue weighted by Gasteiger charge is 2.29. The molecule has 0 saturated carbocycles. The van der Waals surface area contributed by atoms with Gasteiger partial charge in [0.2, 0.25) is 10.0 Å². The Bertz CT molecular complexity index is 201. The van der Waals surface area contributed by atoms with Crippen molar-refractivity contribution >= 4 is 22.4 Å². The van der Waals surface area contributed by atoms with Crippen LogP contribution >= 0.6 is 12.4 Å². The van der Waals surface area contributed by atoms with E-state index in [-0.39, 0.29) is 17.7 Å². The van der Waals surface area contributed by atoms with E-state index in [9.17, 15) is 8.42 Å².